The van der Waals surface area contributed by atoms with Gasteiger partial charge < -0.3 is 0 Å². The van der Waals surface area contributed by atoms with E-state index in [-0.39, 0.29) is 5.38 Å². The molecule has 0 amide bonds. The molecular formula is C20H27Cl. The molecule has 0 aliphatic rings. The van der Waals surface area contributed by atoms with E-state index in [0.717, 1.165) is 6.42 Å². The Morgan fingerprint density at radius 3 is 2.43 bits per heavy atom. The molecule has 1 unspecified atom stereocenters. The lowest BCUT2D eigenvalue weighted by molar-refractivity contribution is 0.585. The van der Waals surface area contributed by atoms with Crippen LogP contribution in [0.3, 0.4) is 0 Å². The lowest BCUT2D eigenvalue weighted by Gasteiger charge is -2.16. The molecule has 2 rings (SSSR count). The van der Waals surface area contributed by atoms with Crippen molar-refractivity contribution in [2.24, 2.45) is 0 Å². The van der Waals surface area contributed by atoms with Gasteiger partial charge in [0.2, 0.25) is 0 Å². The Hall–Kier alpha value is -1.01. The van der Waals surface area contributed by atoms with E-state index < -0.39 is 0 Å². The van der Waals surface area contributed by atoms with Crippen LogP contribution in [0.2, 0.25) is 0 Å². The minimum Gasteiger partial charge on any atom is -0.118 e. The Balaban J connectivity index is 1.99. The van der Waals surface area contributed by atoms with Crippen molar-refractivity contribution in [3.63, 3.8) is 0 Å². The third-order valence-electron chi connectivity index (χ3n) is 4.31. The van der Waals surface area contributed by atoms with Gasteiger partial charge in [0.15, 0.2) is 0 Å². The van der Waals surface area contributed by atoms with Crippen LogP contribution in [0.15, 0.2) is 36.4 Å². The molecule has 1 atom stereocenters. The van der Waals surface area contributed by atoms with Crippen LogP contribution in [0.5, 0.6) is 0 Å². The molecule has 0 fully saturated rings. The van der Waals surface area contributed by atoms with Gasteiger partial charge in [-0.2, -0.15) is 0 Å². The molecule has 0 bridgehead atoms. The minimum absolute atomic E-state index is 0.141. The molecule has 0 saturated carbocycles. The van der Waals surface area contributed by atoms with Gasteiger partial charge in [0.25, 0.3) is 0 Å². The second-order valence-electron chi connectivity index (χ2n) is 6.04. The van der Waals surface area contributed by atoms with Crippen LogP contribution in [0.1, 0.15) is 68.4 Å². The maximum Gasteiger partial charge on any atom is 0.0593 e. The summed E-state index contributed by atoms with van der Waals surface area (Å²) in [6, 6.07) is 13.0. The molecule has 0 heterocycles. The Morgan fingerprint density at radius 2 is 1.62 bits per heavy atom. The molecule has 2 aromatic rings. The van der Waals surface area contributed by atoms with Gasteiger partial charge in [0.1, 0.15) is 0 Å². The maximum absolute atomic E-state index is 6.73. The topological polar surface area (TPSA) is 0 Å². The van der Waals surface area contributed by atoms with Crippen LogP contribution >= 0.6 is 11.6 Å². The highest BCUT2D eigenvalue weighted by Gasteiger charge is 2.13. The second kappa shape index (κ2) is 8.44. The zero-order chi connectivity index (χ0) is 15.1. The summed E-state index contributed by atoms with van der Waals surface area (Å²) in [7, 11) is 0. The molecule has 0 aliphatic heterocycles. The van der Waals surface area contributed by atoms with E-state index in [1.807, 2.05) is 0 Å². The largest absolute Gasteiger partial charge is 0.118 e. The number of hydrogen-bond donors (Lipinski definition) is 0. The summed E-state index contributed by atoms with van der Waals surface area (Å²) in [5, 5.41) is 2.76. The van der Waals surface area contributed by atoms with Crippen molar-refractivity contribution in [3.05, 3.63) is 47.5 Å². The van der Waals surface area contributed by atoms with Crippen molar-refractivity contribution in [2.45, 2.75) is 64.2 Å². The van der Waals surface area contributed by atoms with E-state index in [0.29, 0.717) is 0 Å². The molecule has 0 saturated heterocycles. The standard InChI is InChI=1S/C20H27Cl/c1-3-4-5-6-7-8-13-19(21)20-16(2)14-15-17-11-9-10-12-18(17)20/h9-12,14-15,19H,3-8,13H2,1-2H3. The average Bonchev–Trinajstić information content (AvgIpc) is 2.50. The molecule has 0 nitrogen and oxygen atoms in total. The van der Waals surface area contributed by atoms with Gasteiger partial charge in [0, 0.05) is 0 Å². The van der Waals surface area contributed by atoms with Gasteiger partial charge in [-0.05, 0) is 35.2 Å². The normalized spacial score (nSPS) is 12.7. The van der Waals surface area contributed by atoms with Crippen LogP contribution in [0, 0.1) is 6.92 Å². The average molecular weight is 303 g/mol. The summed E-state index contributed by atoms with van der Waals surface area (Å²) in [6.07, 6.45) is 9.04. The summed E-state index contributed by atoms with van der Waals surface area (Å²) in [5.41, 5.74) is 2.66. The van der Waals surface area contributed by atoms with E-state index in [4.69, 9.17) is 11.6 Å². The van der Waals surface area contributed by atoms with Crippen LogP contribution in [-0.2, 0) is 0 Å². The quantitative estimate of drug-likeness (QED) is 0.358. The Labute approximate surface area is 134 Å². The van der Waals surface area contributed by atoms with E-state index >= 15 is 0 Å². The molecule has 0 aliphatic carbocycles. The monoisotopic (exact) mass is 302 g/mol. The van der Waals surface area contributed by atoms with E-state index in [2.05, 4.69) is 50.2 Å². The third kappa shape index (κ3) is 4.48. The number of fused-ring (bicyclic) bond motifs is 1. The Morgan fingerprint density at radius 1 is 0.905 bits per heavy atom. The lowest BCUT2D eigenvalue weighted by Crippen LogP contribution is -1.96. The van der Waals surface area contributed by atoms with Crippen LogP contribution in [0.25, 0.3) is 10.8 Å². The summed E-state index contributed by atoms with van der Waals surface area (Å²) < 4.78 is 0. The molecule has 21 heavy (non-hydrogen) atoms. The van der Waals surface area contributed by atoms with Gasteiger partial charge in [-0.25, -0.2) is 0 Å². The lowest BCUT2D eigenvalue weighted by atomic mass is 9.94. The fraction of sp³-hybridized carbons (Fsp3) is 0.500. The molecular weight excluding hydrogens is 276 g/mol. The van der Waals surface area contributed by atoms with Crippen LogP contribution < -0.4 is 0 Å². The summed E-state index contributed by atoms with van der Waals surface area (Å²) in [6.45, 7) is 4.44. The van der Waals surface area contributed by atoms with Gasteiger partial charge in [-0.3, -0.25) is 0 Å². The Kier molecular flexibility index (Phi) is 6.57. The predicted molar refractivity (Wildman–Crippen MR) is 95.3 cm³/mol. The molecule has 114 valence electrons. The van der Waals surface area contributed by atoms with E-state index in [1.165, 1.54) is 60.4 Å². The number of aryl methyl sites for hydroxylation is 1. The first-order valence-corrected chi connectivity index (χ1v) is 8.80. The van der Waals surface area contributed by atoms with Crippen molar-refractivity contribution in [1.82, 2.24) is 0 Å². The first kappa shape index (κ1) is 16.4. The summed E-state index contributed by atoms with van der Waals surface area (Å²) >= 11 is 6.73. The van der Waals surface area contributed by atoms with Crippen molar-refractivity contribution in [1.29, 1.82) is 0 Å². The first-order valence-electron chi connectivity index (χ1n) is 8.36. The Bertz CT molecular complexity index is 559. The first-order chi connectivity index (χ1) is 10.2. The predicted octanol–water partition coefficient (Wildman–Crippen LogP) is 7.18. The molecule has 0 radical (unpaired) electrons. The smallest absolute Gasteiger partial charge is 0.0593 e. The van der Waals surface area contributed by atoms with E-state index in [9.17, 15) is 0 Å². The van der Waals surface area contributed by atoms with Crippen LogP contribution in [0.4, 0.5) is 0 Å². The third-order valence-corrected chi connectivity index (χ3v) is 4.75. The van der Waals surface area contributed by atoms with Gasteiger partial charge in [0.05, 0.1) is 5.38 Å². The minimum atomic E-state index is 0.141. The van der Waals surface area contributed by atoms with Crippen molar-refractivity contribution in [3.8, 4) is 0 Å². The zero-order valence-corrected chi connectivity index (χ0v) is 14.1. The maximum atomic E-state index is 6.73. The number of unbranched alkanes of at least 4 members (excludes halogenated alkanes) is 5. The number of hydrogen-bond acceptors (Lipinski definition) is 0. The number of alkyl halides is 1. The number of benzene rings is 2. The SMILES string of the molecule is CCCCCCCCC(Cl)c1c(C)ccc2ccccc12. The highest BCUT2D eigenvalue weighted by Crippen LogP contribution is 2.34. The summed E-state index contributed by atoms with van der Waals surface area (Å²) in [5.74, 6) is 0. The molecule has 0 spiro atoms. The highest BCUT2D eigenvalue weighted by molar-refractivity contribution is 6.22. The van der Waals surface area contributed by atoms with Crippen molar-refractivity contribution < 1.29 is 0 Å². The number of rotatable bonds is 8. The molecule has 0 N–H and O–H groups in total. The zero-order valence-electron chi connectivity index (χ0n) is 13.4. The van der Waals surface area contributed by atoms with Gasteiger partial charge in [-0.15, -0.1) is 11.6 Å². The van der Waals surface area contributed by atoms with Crippen molar-refractivity contribution >= 4 is 22.4 Å². The van der Waals surface area contributed by atoms with E-state index in [1.54, 1.807) is 0 Å². The summed E-state index contributed by atoms with van der Waals surface area (Å²) in [4.78, 5) is 0. The number of halogens is 1. The fourth-order valence-electron chi connectivity index (χ4n) is 3.07. The molecule has 1 heteroatoms. The van der Waals surface area contributed by atoms with Gasteiger partial charge in [-0.1, -0.05) is 81.8 Å². The second-order valence-corrected chi connectivity index (χ2v) is 6.57. The van der Waals surface area contributed by atoms with Gasteiger partial charge >= 0.3 is 0 Å². The van der Waals surface area contributed by atoms with Crippen molar-refractivity contribution in [2.75, 3.05) is 0 Å². The fourth-order valence-corrected chi connectivity index (χ4v) is 3.51. The molecule has 2 aromatic carbocycles. The highest BCUT2D eigenvalue weighted by atomic mass is 35.5. The molecule has 0 aromatic heterocycles. The van der Waals surface area contributed by atoms with Crippen LogP contribution in [-0.4, -0.2) is 0 Å².